The highest BCUT2D eigenvalue weighted by Gasteiger charge is 2.52. The van der Waals surface area contributed by atoms with Crippen molar-refractivity contribution >= 4 is 41.4 Å². The van der Waals surface area contributed by atoms with Gasteiger partial charge in [-0.15, -0.1) is 0 Å². The molecule has 0 unspecified atom stereocenters. The minimum absolute atomic E-state index is 0.0801. The molecule has 3 saturated heterocycles. The quantitative estimate of drug-likeness (QED) is 0.497. The third-order valence-electron chi connectivity index (χ3n) is 8.72. The van der Waals surface area contributed by atoms with Gasteiger partial charge in [-0.1, -0.05) is 42.5 Å². The zero-order valence-corrected chi connectivity index (χ0v) is 23.3. The molecule has 0 radical (unpaired) electrons. The highest BCUT2D eigenvalue weighted by atomic mass is 16.7. The summed E-state index contributed by atoms with van der Waals surface area (Å²) in [5.41, 5.74) is 2.01. The third kappa shape index (κ3) is 4.59. The van der Waals surface area contributed by atoms with E-state index in [0.717, 1.165) is 28.4 Å². The van der Waals surface area contributed by atoms with E-state index in [2.05, 4.69) is 5.32 Å². The smallest absolute Gasteiger partial charge is 0.444 e. The lowest BCUT2D eigenvalue weighted by atomic mass is 9.78. The van der Waals surface area contributed by atoms with Crippen molar-refractivity contribution in [2.75, 3.05) is 6.54 Å². The van der Waals surface area contributed by atoms with Gasteiger partial charge in [0.2, 0.25) is 11.8 Å². The van der Waals surface area contributed by atoms with Crippen molar-refractivity contribution in [3.8, 4) is 0 Å². The lowest BCUT2D eigenvalue weighted by molar-refractivity contribution is -0.146. The van der Waals surface area contributed by atoms with Crippen LogP contribution >= 0.6 is 0 Å². The van der Waals surface area contributed by atoms with E-state index in [-0.39, 0.29) is 30.9 Å². The van der Waals surface area contributed by atoms with E-state index in [9.17, 15) is 14.4 Å². The Balaban J connectivity index is 1.33. The molecule has 3 aromatic rings. The van der Waals surface area contributed by atoms with Gasteiger partial charge in [0.25, 0.3) is 0 Å². The van der Waals surface area contributed by atoms with Gasteiger partial charge in [-0.25, -0.2) is 4.79 Å². The van der Waals surface area contributed by atoms with E-state index >= 15 is 0 Å². The van der Waals surface area contributed by atoms with Crippen LogP contribution in [0.15, 0.2) is 54.7 Å². The highest BCUT2D eigenvalue weighted by Crippen LogP contribution is 2.37. The summed E-state index contributed by atoms with van der Waals surface area (Å²) in [6.07, 6.45) is 2.95. The molecule has 4 heterocycles. The molecule has 0 aliphatic carbocycles. The summed E-state index contributed by atoms with van der Waals surface area (Å²) in [6.45, 7) is 8.69. The molecule has 208 valence electrons. The molecule has 3 aliphatic rings. The number of hydrogen-bond donors (Lipinski definition) is 1. The minimum atomic E-state index is -0.691. The molecule has 6 rings (SSSR count). The lowest BCUT2D eigenvalue weighted by Crippen LogP contribution is -2.61. The fourth-order valence-corrected chi connectivity index (χ4v) is 5.73. The van der Waals surface area contributed by atoms with Crippen LogP contribution in [0.1, 0.15) is 51.7 Å². The SMILES string of the molecule is CC1(C)OB(c2ccc3c(C[C@@H]4NC(=O)[C@@H]5CCCN5C4=O)cn(C(=O)OCc4ccccc4)c3c2)OC1(C)C. The van der Waals surface area contributed by atoms with Gasteiger partial charge in [0.1, 0.15) is 18.7 Å². The molecule has 2 aromatic carbocycles. The summed E-state index contributed by atoms with van der Waals surface area (Å²) in [5.74, 6) is -0.195. The van der Waals surface area contributed by atoms with Crippen molar-refractivity contribution in [2.45, 2.75) is 76.9 Å². The fourth-order valence-electron chi connectivity index (χ4n) is 5.73. The van der Waals surface area contributed by atoms with Gasteiger partial charge < -0.3 is 24.3 Å². The number of ether oxygens (including phenoxy) is 1. The van der Waals surface area contributed by atoms with E-state index < -0.39 is 30.5 Å². The number of aromatic nitrogens is 1. The first kappa shape index (κ1) is 26.6. The van der Waals surface area contributed by atoms with Crippen molar-refractivity contribution in [1.29, 1.82) is 0 Å². The first-order chi connectivity index (χ1) is 19.0. The predicted octanol–water partition coefficient (Wildman–Crippen LogP) is 3.16. The Bertz CT molecular complexity index is 1470. The van der Waals surface area contributed by atoms with E-state index in [4.69, 9.17) is 14.0 Å². The van der Waals surface area contributed by atoms with Crippen LogP contribution in [0.5, 0.6) is 0 Å². The summed E-state index contributed by atoms with van der Waals surface area (Å²) >= 11 is 0. The minimum Gasteiger partial charge on any atom is -0.444 e. The van der Waals surface area contributed by atoms with E-state index in [1.54, 1.807) is 11.1 Å². The van der Waals surface area contributed by atoms with Crippen LogP contribution in [0, 0.1) is 0 Å². The number of benzene rings is 2. The van der Waals surface area contributed by atoms with E-state index in [1.165, 1.54) is 4.57 Å². The second-order valence-electron chi connectivity index (χ2n) is 11.9. The van der Waals surface area contributed by atoms with Gasteiger partial charge in [0, 0.05) is 24.5 Å². The maximum Gasteiger partial charge on any atom is 0.494 e. The molecule has 9 nitrogen and oxygen atoms in total. The van der Waals surface area contributed by atoms with Crippen molar-refractivity contribution in [3.63, 3.8) is 0 Å². The number of fused-ring (bicyclic) bond motifs is 2. The number of nitrogens with one attached hydrogen (secondary N) is 1. The first-order valence-corrected chi connectivity index (χ1v) is 13.9. The molecule has 1 aromatic heterocycles. The maximum atomic E-state index is 13.4. The molecule has 0 spiro atoms. The molecule has 3 aliphatic heterocycles. The zero-order chi connectivity index (χ0) is 28.2. The second-order valence-corrected chi connectivity index (χ2v) is 11.9. The normalized spacial score (nSPS) is 23.4. The van der Waals surface area contributed by atoms with Crippen molar-refractivity contribution in [3.05, 3.63) is 65.9 Å². The largest absolute Gasteiger partial charge is 0.494 e. The van der Waals surface area contributed by atoms with Crippen molar-refractivity contribution < 1.29 is 28.4 Å². The lowest BCUT2D eigenvalue weighted by Gasteiger charge is -2.34. The predicted molar refractivity (Wildman–Crippen MR) is 150 cm³/mol. The fraction of sp³-hybridized carbons (Fsp3) is 0.433. The zero-order valence-electron chi connectivity index (χ0n) is 23.3. The highest BCUT2D eigenvalue weighted by molar-refractivity contribution is 6.62. The van der Waals surface area contributed by atoms with E-state index in [1.807, 2.05) is 76.2 Å². The summed E-state index contributed by atoms with van der Waals surface area (Å²) < 4.78 is 19.6. The number of carbonyl (C=O) groups excluding carboxylic acids is 3. The number of hydrogen-bond acceptors (Lipinski definition) is 6. The molecular formula is C30H34BN3O6. The average molecular weight is 543 g/mol. The molecule has 2 amide bonds. The van der Waals surface area contributed by atoms with Crippen molar-refractivity contribution in [2.24, 2.45) is 0 Å². The Morgan fingerprint density at radius 3 is 2.52 bits per heavy atom. The van der Waals surface area contributed by atoms with Crippen molar-refractivity contribution in [1.82, 2.24) is 14.8 Å². The van der Waals surface area contributed by atoms with Gasteiger partial charge in [0.05, 0.1) is 16.7 Å². The summed E-state index contributed by atoms with van der Waals surface area (Å²) in [4.78, 5) is 41.0. The Morgan fingerprint density at radius 2 is 1.80 bits per heavy atom. The van der Waals surface area contributed by atoms with Crippen LogP contribution in [-0.2, 0) is 36.7 Å². The molecule has 0 bridgehead atoms. The van der Waals surface area contributed by atoms with Crippen LogP contribution in [-0.4, -0.2) is 64.3 Å². The first-order valence-electron chi connectivity index (χ1n) is 13.9. The summed E-state index contributed by atoms with van der Waals surface area (Å²) in [6, 6.07) is 14.1. The molecule has 1 N–H and O–H groups in total. The monoisotopic (exact) mass is 543 g/mol. The Labute approximate surface area is 233 Å². The topological polar surface area (TPSA) is 99.1 Å². The van der Waals surface area contributed by atoms with Gasteiger partial charge in [0.15, 0.2) is 0 Å². The Morgan fingerprint density at radius 1 is 1.07 bits per heavy atom. The van der Waals surface area contributed by atoms with Crippen LogP contribution in [0.2, 0.25) is 0 Å². The number of amides is 2. The number of piperazine rings is 1. The summed E-state index contributed by atoms with van der Waals surface area (Å²) in [5, 5.41) is 3.71. The molecule has 3 fully saturated rings. The molecular weight excluding hydrogens is 509 g/mol. The number of carbonyl (C=O) groups is 3. The molecule has 0 saturated carbocycles. The molecule has 40 heavy (non-hydrogen) atoms. The van der Waals surface area contributed by atoms with Gasteiger partial charge in [-0.3, -0.25) is 14.2 Å². The average Bonchev–Trinajstić information content (AvgIpc) is 3.61. The van der Waals surface area contributed by atoms with Gasteiger partial charge >= 0.3 is 13.2 Å². The van der Waals surface area contributed by atoms with Gasteiger partial charge in [-0.05, 0) is 63.2 Å². The van der Waals surface area contributed by atoms with E-state index in [0.29, 0.717) is 18.5 Å². The maximum absolute atomic E-state index is 13.4. The number of rotatable bonds is 5. The Kier molecular flexibility index (Phi) is 6.50. The van der Waals surface area contributed by atoms with Gasteiger partial charge in [-0.2, -0.15) is 0 Å². The Hall–Kier alpha value is -3.63. The standard InChI is InChI=1S/C30H34BN3O6/c1-29(2)30(3,4)40-31(39-29)21-12-13-22-20(15-23-27(36)33-14-8-11-24(33)26(35)32-23)17-34(25(22)16-21)28(37)38-18-19-9-6-5-7-10-19/h5-7,9-10,12-13,16-17,23-24H,8,11,14-15,18H2,1-4H3,(H,32,35)/t23-,24-/m0/s1. The number of nitrogens with zero attached hydrogens (tertiary/aromatic N) is 2. The third-order valence-corrected chi connectivity index (χ3v) is 8.72. The summed E-state index contributed by atoms with van der Waals surface area (Å²) in [7, 11) is -0.604. The molecule has 2 atom stereocenters. The van der Waals surface area contributed by atoms with Crippen LogP contribution in [0.4, 0.5) is 4.79 Å². The second kappa shape index (κ2) is 9.78. The van der Waals surface area contributed by atoms with Crippen LogP contribution in [0.3, 0.4) is 0 Å². The van der Waals surface area contributed by atoms with Crippen LogP contribution in [0.25, 0.3) is 10.9 Å². The van der Waals surface area contributed by atoms with Crippen LogP contribution < -0.4 is 10.8 Å². The molecule has 10 heteroatoms.